The van der Waals surface area contributed by atoms with E-state index in [1.54, 1.807) is 0 Å². The third kappa shape index (κ3) is 7.09. The van der Waals surface area contributed by atoms with Crippen molar-refractivity contribution in [1.29, 1.82) is 0 Å². The highest BCUT2D eigenvalue weighted by atomic mass is 79.9. The van der Waals surface area contributed by atoms with Crippen molar-refractivity contribution >= 4 is 40.1 Å². The van der Waals surface area contributed by atoms with Crippen molar-refractivity contribution in [3.8, 4) is 0 Å². The second-order valence-electron chi connectivity index (χ2n) is 1.27. The van der Waals surface area contributed by atoms with Crippen LogP contribution in [0.15, 0.2) is 0 Å². The van der Waals surface area contributed by atoms with E-state index in [0.717, 1.165) is 0 Å². The Balaban J connectivity index is 3.09. The monoisotopic (exact) mass is 293 g/mol. The van der Waals surface area contributed by atoms with Gasteiger partial charge in [0.15, 0.2) is 0 Å². The Kier molecular flexibility index (Phi) is 8.87. The number of rotatable bonds is 6. The first-order valence-electron chi connectivity index (χ1n) is 2.66. The van der Waals surface area contributed by atoms with Crippen molar-refractivity contribution in [1.82, 2.24) is 0 Å². The Hall–Kier alpha value is 0.980. The summed E-state index contributed by atoms with van der Waals surface area (Å²) < 4.78 is 20.0. The molecule has 0 aliphatic heterocycles. The van der Waals surface area contributed by atoms with Gasteiger partial charge >= 0.3 is 8.25 Å². The summed E-state index contributed by atoms with van der Waals surface area (Å²) in [5, 5.41) is 1.34. The Labute approximate surface area is 77.7 Å². The lowest BCUT2D eigenvalue weighted by Gasteiger charge is -1.84. The lowest BCUT2D eigenvalue weighted by Crippen LogP contribution is -1.91. The molecule has 0 rings (SSSR count). The molecule has 0 N–H and O–H groups in total. The van der Waals surface area contributed by atoms with Gasteiger partial charge in [0.05, 0.1) is 0 Å². The minimum Gasteiger partial charge on any atom is -0.118 e. The molecule has 3 nitrogen and oxygen atoms in total. The molecule has 0 aromatic heterocycles. The van der Waals surface area contributed by atoms with Crippen LogP contribution in [0.5, 0.6) is 0 Å². The first-order chi connectivity index (χ1) is 4.81. The van der Waals surface area contributed by atoms with Gasteiger partial charge in [-0.2, -0.15) is 0 Å². The molecule has 0 fully saturated rings. The summed E-state index contributed by atoms with van der Waals surface area (Å²) >= 11 is 6.26. The molecule has 60 valence electrons. The SMILES string of the molecule is O=[P+](OCCBr)OCCBr. The highest BCUT2D eigenvalue weighted by Crippen LogP contribution is 2.22. The zero-order chi connectivity index (χ0) is 7.82. The van der Waals surface area contributed by atoms with Crippen LogP contribution in [-0.4, -0.2) is 23.9 Å². The topological polar surface area (TPSA) is 35.5 Å². The fraction of sp³-hybridized carbons (Fsp3) is 1.00. The zero-order valence-electron chi connectivity index (χ0n) is 5.26. The molecule has 0 amide bonds. The van der Waals surface area contributed by atoms with Gasteiger partial charge in [-0.1, -0.05) is 31.9 Å². The van der Waals surface area contributed by atoms with Gasteiger partial charge in [0.1, 0.15) is 13.2 Å². The van der Waals surface area contributed by atoms with E-state index in [4.69, 9.17) is 9.05 Å². The molecule has 0 spiro atoms. The van der Waals surface area contributed by atoms with E-state index in [2.05, 4.69) is 31.9 Å². The number of hydrogen-bond acceptors (Lipinski definition) is 3. The fourth-order valence-corrected chi connectivity index (χ4v) is 1.63. The summed E-state index contributed by atoms with van der Waals surface area (Å²) in [6, 6.07) is 0. The van der Waals surface area contributed by atoms with Crippen molar-refractivity contribution in [3.05, 3.63) is 0 Å². The normalized spacial score (nSPS) is 9.80. The van der Waals surface area contributed by atoms with Crippen molar-refractivity contribution in [2.45, 2.75) is 0 Å². The highest BCUT2D eigenvalue weighted by molar-refractivity contribution is 9.09. The smallest absolute Gasteiger partial charge is 0.118 e. The van der Waals surface area contributed by atoms with Gasteiger partial charge in [-0.05, 0) is 0 Å². The minimum absolute atomic E-state index is 0.414. The molecule has 0 saturated heterocycles. The van der Waals surface area contributed by atoms with E-state index in [9.17, 15) is 4.57 Å². The standard InChI is InChI=1S/C4H8Br2O3P/c5-1-3-8-10(7)9-4-2-6/h1-4H2/q+1. The summed E-state index contributed by atoms with van der Waals surface area (Å²) in [4.78, 5) is 0. The van der Waals surface area contributed by atoms with Crippen LogP contribution in [-0.2, 0) is 13.6 Å². The van der Waals surface area contributed by atoms with E-state index in [0.29, 0.717) is 23.9 Å². The average molecular weight is 295 g/mol. The summed E-state index contributed by atoms with van der Waals surface area (Å²) in [5.74, 6) is 0. The maximum Gasteiger partial charge on any atom is 0.697 e. The third-order valence-corrected chi connectivity index (χ3v) is 1.98. The van der Waals surface area contributed by atoms with E-state index in [1.165, 1.54) is 0 Å². The van der Waals surface area contributed by atoms with E-state index < -0.39 is 8.25 Å². The summed E-state index contributed by atoms with van der Waals surface area (Å²) in [5.41, 5.74) is 0. The molecule has 0 saturated carbocycles. The molecular weight excluding hydrogens is 287 g/mol. The maximum absolute atomic E-state index is 10.6. The molecule has 0 unspecified atom stereocenters. The summed E-state index contributed by atoms with van der Waals surface area (Å²) in [7, 11) is -1.90. The van der Waals surface area contributed by atoms with Gasteiger partial charge in [0.2, 0.25) is 0 Å². The fourth-order valence-electron chi connectivity index (χ4n) is 0.255. The van der Waals surface area contributed by atoms with Gasteiger partial charge < -0.3 is 0 Å². The molecule has 6 heteroatoms. The van der Waals surface area contributed by atoms with Gasteiger partial charge in [-0.3, -0.25) is 0 Å². The van der Waals surface area contributed by atoms with Crippen LogP contribution in [0.4, 0.5) is 0 Å². The van der Waals surface area contributed by atoms with Gasteiger partial charge in [-0.25, -0.2) is 0 Å². The molecular formula is C4H8Br2O3P+. The van der Waals surface area contributed by atoms with Crippen LogP contribution >= 0.6 is 40.1 Å². The largest absolute Gasteiger partial charge is 0.697 e. The van der Waals surface area contributed by atoms with E-state index in [-0.39, 0.29) is 0 Å². The Bertz CT molecular complexity index is 90.5. The predicted molar refractivity (Wildman–Crippen MR) is 47.1 cm³/mol. The lowest BCUT2D eigenvalue weighted by atomic mass is 10.9. The van der Waals surface area contributed by atoms with Crippen molar-refractivity contribution in [3.63, 3.8) is 0 Å². The molecule has 0 atom stereocenters. The second-order valence-corrected chi connectivity index (χ2v) is 3.82. The Morgan fingerprint density at radius 3 is 1.80 bits per heavy atom. The Morgan fingerprint density at radius 2 is 1.50 bits per heavy atom. The van der Waals surface area contributed by atoms with E-state index in [1.807, 2.05) is 0 Å². The molecule has 0 aromatic carbocycles. The highest BCUT2D eigenvalue weighted by Gasteiger charge is 2.18. The van der Waals surface area contributed by atoms with Crippen LogP contribution in [0.3, 0.4) is 0 Å². The number of alkyl halides is 2. The van der Waals surface area contributed by atoms with Crippen LogP contribution in [0.1, 0.15) is 0 Å². The quantitative estimate of drug-likeness (QED) is 0.558. The molecule has 0 aliphatic rings. The van der Waals surface area contributed by atoms with Crippen LogP contribution in [0.2, 0.25) is 0 Å². The van der Waals surface area contributed by atoms with Gasteiger partial charge in [-0.15, -0.1) is 9.05 Å². The molecule has 0 aliphatic carbocycles. The zero-order valence-corrected chi connectivity index (χ0v) is 9.32. The number of halogens is 2. The predicted octanol–water partition coefficient (Wildman–Crippen LogP) is 2.47. The van der Waals surface area contributed by atoms with Crippen LogP contribution < -0.4 is 0 Å². The van der Waals surface area contributed by atoms with Gasteiger partial charge in [0, 0.05) is 15.2 Å². The molecule has 0 bridgehead atoms. The average Bonchev–Trinajstić information content (AvgIpc) is 1.97. The second kappa shape index (κ2) is 8.08. The molecule has 10 heavy (non-hydrogen) atoms. The first kappa shape index (κ1) is 11.0. The summed E-state index contributed by atoms with van der Waals surface area (Å²) in [6.07, 6.45) is 0. The lowest BCUT2D eigenvalue weighted by molar-refractivity contribution is 0.247. The molecule has 0 radical (unpaired) electrons. The van der Waals surface area contributed by atoms with Crippen molar-refractivity contribution < 1.29 is 13.6 Å². The molecule has 0 aromatic rings. The third-order valence-electron chi connectivity index (χ3n) is 0.548. The maximum atomic E-state index is 10.6. The van der Waals surface area contributed by atoms with Crippen LogP contribution in [0.25, 0.3) is 0 Å². The van der Waals surface area contributed by atoms with Crippen LogP contribution in [0, 0.1) is 0 Å². The Morgan fingerprint density at radius 1 is 1.10 bits per heavy atom. The first-order valence-corrected chi connectivity index (χ1v) is 6.00. The van der Waals surface area contributed by atoms with Gasteiger partial charge in [0.25, 0.3) is 0 Å². The minimum atomic E-state index is -1.90. The number of hydrogen-bond donors (Lipinski definition) is 0. The molecule has 0 heterocycles. The van der Waals surface area contributed by atoms with E-state index >= 15 is 0 Å². The van der Waals surface area contributed by atoms with Crippen molar-refractivity contribution in [2.24, 2.45) is 0 Å². The summed E-state index contributed by atoms with van der Waals surface area (Å²) in [6.45, 7) is 0.828. The van der Waals surface area contributed by atoms with Crippen molar-refractivity contribution in [2.75, 3.05) is 23.9 Å².